The maximum Gasteiger partial charge on any atom is 0.232 e. The average molecular weight is 437 g/mol. The molecular weight excluding hydrogens is 411 g/mol. The lowest BCUT2D eigenvalue weighted by atomic mass is 10.1. The molecule has 0 saturated carbocycles. The van der Waals surface area contributed by atoms with Crippen LogP contribution in [0.3, 0.4) is 0 Å². The Morgan fingerprint density at radius 3 is 2.31 bits per heavy atom. The third kappa shape index (κ3) is 5.81. The Kier molecular flexibility index (Phi) is 7.32. The number of rotatable bonds is 7. The quantitative estimate of drug-likeness (QED) is 0.668. The fourth-order valence-electron chi connectivity index (χ4n) is 3.27. The molecule has 1 aliphatic rings. The van der Waals surface area contributed by atoms with Crippen LogP contribution in [0.15, 0.2) is 54.6 Å². The molecule has 0 aromatic heterocycles. The minimum atomic E-state index is -3.40. The standard InChI is InChI=1S/C21H25FN2O3S2/c1-17(19-9-5-6-10-20(19)22)28-15-21(25)23-11-13-24(14-12-23)29(26,27)16-18-7-3-2-4-8-18/h2-10,17H,11-16H2,1H3. The lowest BCUT2D eigenvalue weighted by molar-refractivity contribution is -0.129. The van der Waals surface area contributed by atoms with Gasteiger partial charge in [0.15, 0.2) is 0 Å². The molecule has 8 heteroatoms. The van der Waals surface area contributed by atoms with E-state index >= 15 is 0 Å². The largest absolute Gasteiger partial charge is 0.339 e. The van der Waals surface area contributed by atoms with Gasteiger partial charge >= 0.3 is 0 Å². The van der Waals surface area contributed by atoms with Crippen LogP contribution in [0.2, 0.25) is 0 Å². The van der Waals surface area contributed by atoms with Crippen LogP contribution in [0.25, 0.3) is 0 Å². The molecule has 156 valence electrons. The fraction of sp³-hybridized carbons (Fsp3) is 0.381. The van der Waals surface area contributed by atoms with Crippen molar-refractivity contribution in [1.29, 1.82) is 0 Å². The number of benzene rings is 2. The summed E-state index contributed by atoms with van der Waals surface area (Å²) < 4.78 is 40.6. The number of piperazine rings is 1. The second-order valence-corrected chi connectivity index (χ2v) is 10.3. The molecule has 3 rings (SSSR count). The van der Waals surface area contributed by atoms with Crippen LogP contribution in [-0.4, -0.2) is 55.5 Å². The van der Waals surface area contributed by atoms with E-state index in [2.05, 4.69) is 0 Å². The van der Waals surface area contributed by atoms with E-state index < -0.39 is 10.0 Å². The van der Waals surface area contributed by atoms with Crippen LogP contribution in [-0.2, 0) is 20.6 Å². The molecule has 5 nitrogen and oxygen atoms in total. The van der Waals surface area contributed by atoms with Crippen molar-refractivity contribution in [3.05, 3.63) is 71.5 Å². The molecule has 1 saturated heterocycles. The van der Waals surface area contributed by atoms with Gasteiger partial charge in [0.2, 0.25) is 15.9 Å². The summed E-state index contributed by atoms with van der Waals surface area (Å²) in [5, 5.41) is -0.132. The van der Waals surface area contributed by atoms with Crippen molar-refractivity contribution in [1.82, 2.24) is 9.21 Å². The van der Waals surface area contributed by atoms with Crippen molar-refractivity contribution < 1.29 is 17.6 Å². The van der Waals surface area contributed by atoms with E-state index in [0.717, 1.165) is 5.56 Å². The summed E-state index contributed by atoms with van der Waals surface area (Å²) in [6, 6.07) is 15.7. The first kappa shape index (κ1) is 21.8. The second kappa shape index (κ2) is 9.73. The van der Waals surface area contributed by atoms with Gasteiger partial charge in [0, 0.05) is 37.0 Å². The van der Waals surface area contributed by atoms with Gasteiger partial charge in [-0.05, 0) is 18.6 Å². The maximum atomic E-state index is 13.9. The van der Waals surface area contributed by atoms with E-state index in [9.17, 15) is 17.6 Å². The lowest BCUT2D eigenvalue weighted by Crippen LogP contribution is -2.51. The number of sulfonamides is 1. The van der Waals surface area contributed by atoms with Crippen LogP contribution in [0.5, 0.6) is 0 Å². The average Bonchev–Trinajstić information content (AvgIpc) is 2.72. The number of nitrogens with zero attached hydrogens (tertiary/aromatic N) is 2. The van der Waals surface area contributed by atoms with Gasteiger partial charge in [-0.3, -0.25) is 4.79 Å². The molecule has 0 aliphatic carbocycles. The molecule has 1 amide bonds. The molecule has 29 heavy (non-hydrogen) atoms. The highest BCUT2D eigenvalue weighted by atomic mass is 32.2. The van der Waals surface area contributed by atoms with Crippen molar-refractivity contribution >= 4 is 27.7 Å². The zero-order chi connectivity index (χ0) is 20.9. The summed E-state index contributed by atoms with van der Waals surface area (Å²) in [6.45, 7) is 3.23. The van der Waals surface area contributed by atoms with E-state index in [0.29, 0.717) is 31.7 Å². The SMILES string of the molecule is CC(SCC(=O)N1CCN(S(=O)(=O)Cc2ccccc2)CC1)c1ccccc1F. The van der Waals surface area contributed by atoms with Gasteiger partial charge in [-0.15, -0.1) is 11.8 Å². The summed E-state index contributed by atoms with van der Waals surface area (Å²) in [6.07, 6.45) is 0. The Labute approximate surface area is 175 Å². The number of hydrogen-bond acceptors (Lipinski definition) is 4. The number of thioether (sulfide) groups is 1. The van der Waals surface area contributed by atoms with Crippen molar-refractivity contribution in [3.63, 3.8) is 0 Å². The predicted octanol–water partition coefficient (Wildman–Crippen LogP) is 3.29. The predicted molar refractivity (Wildman–Crippen MR) is 114 cm³/mol. The molecule has 0 N–H and O–H groups in total. The first-order valence-corrected chi connectivity index (χ1v) is 12.2. The molecule has 0 radical (unpaired) electrons. The Balaban J connectivity index is 1.48. The van der Waals surface area contributed by atoms with Gasteiger partial charge in [-0.2, -0.15) is 4.31 Å². The summed E-state index contributed by atoms with van der Waals surface area (Å²) >= 11 is 1.39. The van der Waals surface area contributed by atoms with Gasteiger partial charge in [0.25, 0.3) is 0 Å². The Morgan fingerprint density at radius 2 is 1.66 bits per heavy atom. The number of hydrogen-bond donors (Lipinski definition) is 0. The smallest absolute Gasteiger partial charge is 0.232 e. The van der Waals surface area contributed by atoms with Crippen LogP contribution < -0.4 is 0 Å². The van der Waals surface area contributed by atoms with Gasteiger partial charge in [-0.25, -0.2) is 12.8 Å². The number of carbonyl (C=O) groups is 1. The maximum absolute atomic E-state index is 13.9. The van der Waals surface area contributed by atoms with E-state index in [4.69, 9.17) is 0 Å². The molecule has 0 spiro atoms. The first-order chi connectivity index (χ1) is 13.9. The molecule has 1 fully saturated rings. The molecule has 2 aromatic rings. The van der Waals surface area contributed by atoms with Crippen LogP contribution in [0.1, 0.15) is 23.3 Å². The Bertz CT molecular complexity index is 930. The highest BCUT2D eigenvalue weighted by Gasteiger charge is 2.29. The first-order valence-electron chi connectivity index (χ1n) is 9.52. The minimum Gasteiger partial charge on any atom is -0.339 e. The van der Waals surface area contributed by atoms with Gasteiger partial charge in [-0.1, -0.05) is 48.5 Å². The summed E-state index contributed by atoms with van der Waals surface area (Å²) in [5.41, 5.74) is 1.34. The lowest BCUT2D eigenvalue weighted by Gasteiger charge is -2.34. The summed E-state index contributed by atoms with van der Waals surface area (Å²) in [7, 11) is -3.40. The normalized spacial score (nSPS) is 16.6. The summed E-state index contributed by atoms with van der Waals surface area (Å²) in [4.78, 5) is 14.2. The summed E-state index contributed by atoms with van der Waals surface area (Å²) in [5.74, 6) is -0.0974. The van der Waals surface area contributed by atoms with E-state index in [1.807, 2.05) is 25.1 Å². The minimum absolute atomic E-state index is 0.0300. The van der Waals surface area contributed by atoms with Gasteiger partial charge in [0.1, 0.15) is 5.82 Å². The van der Waals surface area contributed by atoms with E-state index in [1.54, 1.807) is 35.2 Å². The van der Waals surface area contributed by atoms with Crippen molar-refractivity contribution in [2.24, 2.45) is 0 Å². The zero-order valence-corrected chi connectivity index (χ0v) is 18.0. The molecule has 1 heterocycles. The molecule has 1 unspecified atom stereocenters. The topological polar surface area (TPSA) is 57.7 Å². The van der Waals surface area contributed by atoms with Crippen molar-refractivity contribution in [3.8, 4) is 0 Å². The van der Waals surface area contributed by atoms with E-state index in [1.165, 1.54) is 22.1 Å². The highest BCUT2D eigenvalue weighted by Crippen LogP contribution is 2.30. The Morgan fingerprint density at radius 1 is 1.03 bits per heavy atom. The van der Waals surface area contributed by atoms with Gasteiger partial charge in [0.05, 0.1) is 11.5 Å². The number of halogens is 1. The van der Waals surface area contributed by atoms with Crippen LogP contribution in [0, 0.1) is 5.82 Å². The Hall–Kier alpha value is -1.90. The monoisotopic (exact) mass is 436 g/mol. The molecule has 1 atom stereocenters. The third-order valence-electron chi connectivity index (χ3n) is 4.98. The molecule has 2 aromatic carbocycles. The van der Waals surface area contributed by atoms with E-state index in [-0.39, 0.29) is 28.5 Å². The zero-order valence-electron chi connectivity index (χ0n) is 16.3. The molecule has 1 aliphatic heterocycles. The molecular formula is C21H25FN2O3S2. The van der Waals surface area contributed by atoms with Crippen molar-refractivity contribution in [2.75, 3.05) is 31.9 Å². The number of carbonyl (C=O) groups excluding carboxylic acids is 1. The number of amides is 1. The van der Waals surface area contributed by atoms with Crippen molar-refractivity contribution in [2.45, 2.75) is 17.9 Å². The molecule has 0 bridgehead atoms. The van der Waals surface area contributed by atoms with Crippen LogP contribution in [0.4, 0.5) is 4.39 Å². The fourth-order valence-corrected chi connectivity index (χ4v) is 5.74. The second-order valence-electron chi connectivity index (χ2n) is 7.00. The van der Waals surface area contributed by atoms with Gasteiger partial charge < -0.3 is 4.90 Å². The highest BCUT2D eigenvalue weighted by molar-refractivity contribution is 8.00. The van der Waals surface area contributed by atoms with Crippen LogP contribution >= 0.6 is 11.8 Å². The third-order valence-corrected chi connectivity index (χ3v) is 7.99.